The van der Waals surface area contributed by atoms with Gasteiger partial charge >= 0.3 is 6.18 Å². The van der Waals surface area contributed by atoms with Gasteiger partial charge in [0.1, 0.15) is 6.54 Å². The summed E-state index contributed by atoms with van der Waals surface area (Å²) < 4.78 is 43.8. The molecular formula is C19H32F3IN4O. The molecule has 0 spiro atoms. The molecule has 1 aliphatic carbocycles. The normalized spacial score (nSPS) is 20.8. The number of guanidine groups is 1. The van der Waals surface area contributed by atoms with E-state index in [2.05, 4.69) is 34.6 Å². The zero-order chi connectivity index (χ0) is 19.9. The van der Waals surface area contributed by atoms with Crippen LogP contribution in [0, 0.1) is 5.92 Å². The molecule has 0 aliphatic heterocycles. The summed E-state index contributed by atoms with van der Waals surface area (Å²) in [6, 6.07) is 1.95. The summed E-state index contributed by atoms with van der Waals surface area (Å²) in [6.45, 7) is 7.24. The molecule has 28 heavy (non-hydrogen) atoms. The molecule has 0 unspecified atom stereocenters. The Morgan fingerprint density at radius 2 is 1.86 bits per heavy atom. The first-order chi connectivity index (χ1) is 12.9. The Hall–Kier alpha value is -1.00. The molecule has 1 aromatic heterocycles. The summed E-state index contributed by atoms with van der Waals surface area (Å²) in [4.78, 5) is 4.51. The molecule has 1 heterocycles. The van der Waals surface area contributed by atoms with Crippen molar-refractivity contribution in [2.24, 2.45) is 10.9 Å². The van der Waals surface area contributed by atoms with Crippen molar-refractivity contribution >= 4 is 29.9 Å². The number of alkyl halides is 3. The highest BCUT2D eigenvalue weighted by molar-refractivity contribution is 14.0. The third kappa shape index (κ3) is 7.44. The monoisotopic (exact) mass is 516 g/mol. The molecule has 1 aliphatic rings. The van der Waals surface area contributed by atoms with Gasteiger partial charge in [-0.2, -0.15) is 13.2 Å². The Kier molecular flexibility index (Phi) is 10.6. The molecule has 2 N–H and O–H groups in total. The summed E-state index contributed by atoms with van der Waals surface area (Å²) in [5, 5.41) is 10.5. The molecule has 0 radical (unpaired) electrons. The van der Waals surface area contributed by atoms with Crippen molar-refractivity contribution in [3.8, 4) is 0 Å². The maximum Gasteiger partial charge on any atom is 0.391 e. The third-order valence-electron chi connectivity index (χ3n) is 5.25. The molecule has 1 saturated carbocycles. The van der Waals surface area contributed by atoms with Crippen LogP contribution in [-0.4, -0.2) is 29.9 Å². The largest absolute Gasteiger partial charge is 0.391 e. The maximum absolute atomic E-state index is 12.8. The summed E-state index contributed by atoms with van der Waals surface area (Å²) in [6.07, 6.45) is -0.732. The van der Waals surface area contributed by atoms with E-state index in [1.807, 2.05) is 13.0 Å². The number of aromatic nitrogens is 1. The van der Waals surface area contributed by atoms with E-state index < -0.39 is 12.1 Å². The second-order valence-electron chi connectivity index (χ2n) is 7.16. The SMILES string of the molecule is CCNC(=NCc1cc(C(CC)CC)no1)NC1CCC(C(F)(F)F)CC1.I. The second kappa shape index (κ2) is 11.9. The molecule has 9 heteroatoms. The Morgan fingerprint density at radius 1 is 1.21 bits per heavy atom. The predicted molar refractivity (Wildman–Crippen MR) is 115 cm³/mol. The fraction of sp³-hybridized carbons (Fsp3) is 0.789. The van der Waals surface area contributed by atoms with Crippen molar-refractivity contribution in [2.45, 2.75) is 84.0 Å². The minimum atomic E-state index is -4.08. The molecule has 1 fully saturated rings. The summed E-state index contributed by atoms with van der Waals surface area (Å²) in [5.74, 6) is 0.512. The van der Waals surface area contributed by atoms with Gasteiger partial charge in [0, 0.05) is 24.6 Å². The van der Waals surface area contributed by atoms with Crippen LogP contribution in [0.4, 0.5) is 13.2 Å². The first kappa shape index (κ1) is 25.0. The number of aliphatic imine (C=N–C) groups is 1. The third-order valence-corrected chi connectivity index (χ3v) is 5.25. The number of hydrogen-bond acceptors (Lipinski definition) is 3. The topological polar surface area (TPSA) is 62.5 Å². The summed E-state index contributed by atoms with van der Waals surface area (Å²) in [7, 11) is 0. The van der Waals surface area contributed by atoms with Gasteiger partial charge in [-0.1, -0.05) is 19.0 Å². The standard InChI is InChI=1S/C19H31F3N4O.HI/c1-4-13(5-2)17-11-16(27-26-17)12-24-18(23-6-3)25-15-9-7-14(8-10-15)19(20,21)22;/h11,13-15H,4-10,12H2,1-3H3,(H2,23,24,25);1H. The number of rotatable bonds is 7. The Bertz CT molecular complexity index is 594. The van der Waals surface area contributed by atoms with Crippen LogP contribution < -0.4 is 10.6 Å². The minimum Gasteiger partial charge on any atom is -0.359 e. The molecule has 2 rings (SSSR count). The first-order valence-corrected chi connectivity index (χ1v) is 9.94. The Labute approximate surface area is 182 Å². The van der Waals surface area contributed by atoms with Gasteiger partial charge in [-0.25, -0.2) is 4.99 Å². The number of halogens is 4. The quantitative estimate of drug-likeness (QED) is 0.291. The lowest BCUT2D eigenvalue weighted by atomic mass is 9.85. The van der Waals surface area contributed by atoms with Crippen LogP contribution >= 0.6 is 24.0 Å². The van der Waals surface area contributed by atoms with E-state index in [0.29, 0.717) is 43.6 Å². The first-order valence-electron chi connectivity index (χ1n) is 9.94. The number of nitrogens with one attached hydrogen (secondary N) is 2. The molecule has 1 aromatic rings. The van der Waals surface area contributed by atoms with Crippen molar-refractivity contribution in [3.05, 3.63) is 17.5 Å². The van der Waals surface area contributed by atoms with Gasteiger partial charge in [0.2, 0.25) is 0 Å². The van der Waals surface area contributed by atoms with E-state index in [4.69, 9.17) is 4.52 Å². The highest BCUT2D eigenvalue weighted by Crippen LogP contribution is 2.37. The van der Waals surface area contributed by atoms with E-state index in [1.165, 1.54) is 0 Å². The number of hydrogen-bond donors (Lipinski definition) is 2. The fourth-order valence-electron chi connectivity index (χ4n) is 3.54. The van der Waals surface area contributed by atoms with Gasteiger partial charge in [-0.3, -0.25) is 0 Å². The lowest BCUT2D eigenvalue weighted by Crippen LogP contribution is -2.45. The molecule has 162 valence electrons. The van der Waals surface area contributed by atoms with Crippen LogP contribution in [0.15, 0.2) is 15.6 Å². The van der Waals surface area contributed by atoms with Gasteiger partial charge in [0.25, 0.3) is 0 Å². The average Bonchev–Trinajstić information content (AvgIpc) is 3.09. The zero-order valence-electron chi connectivity index (χ0n) is 16.8. The van der Waals surface area contributed by atoms with Crippen LogP contribution in [0.3, 0.4) is 0 Å². The van der Waals surface area contributed by atoms with Gasteiger partial charge in [-0.15, -0.1) is 24.0 Å². The molecule has 0 bridgehead atoms. The predicted octanol–water partition coefficient (Wildman–Crippen LogP) is 5.37. The van der Waals surface area contributed by atoms with Crippen LogP contribution in [0.5, 0.6) is 0 Å². The lowest BCUT2D eigenvalue weighted by molar-refractivity contribution is -0.182. The fourth-order valence-corrected chi connectivity index (χ4v) is 3.54. The van der Waals surface area contributed by atoms with Gasteiger partial charge in [0.05, 0.1) is 11.6 Å². The highest BCUT2D eigenvalue weighted by atomic mass is 127. The van der Waals surface area contributed by atoms with Gasteiger partial charge < -0.3 is 15.2 Å². The van der Waals surface area contributed by atoms with Crippen molar-refractivity contribution in [2.75, 3.05) is 6.54 Å². The molecule has 0 aromatic carbocycles. The van der Waals surface area contributed by atoms with Crippen LogP contribution in [0.1, 0.15) is 76.7 Å². The zero-order valence-corrected chi connectivity index (χ0v) is 19.1. The van der Waals surface area contributed by atoms with E-state index in [9.17, 15) is 13.2 Å². The highest BCUT2D eigenvalue weighted by Gasteiger charge is 2.41. The van der Waals surface area contributed by atoms with Gasteiger partial charge in [0.15, 0.2) is 11.7 Å². The lowest BCUT2D eigenvalue weighted by Gasteiger charge is -2.31. The maximum atomic E-state index is 12.8. The van der Waals surface area contributed by atoms with Crippen molar-refractivity contribution in [1.29, 1.82) is 0 Å². The van der Waals surface area contributed by atoms with Crippen LogP contribution in [-0.2, 0) is 6.54 Å². The molecule has 0 atom stereocenters. The van der Waals surface area contributed by atoms with Crippen LogP contribution in [0.2, 0.25) is 0 Å². The summed E-state index contributed by atoms with van der Waals surface area (Å²) in [5.41, 5.74) is 0.952. The van der Waals surface area contributed by atoms with Crippen molar-refractivity contribution in [1.82, 2.24) is 15.8 Å². The molecular weight excluding hydrogens is 484 g/mol. The van der Waals surface area contributed by atoms with E-state index in [-0.39, 0.29) is 42.9 Å². The van der Waals surface area contributed by atoms with Crippen molar-refractivity contribution in [3.63, 3.8) is 0 Å². The van der Waals surface area contributed by atoms with Crippen LogP contribution in [0.25, 0.3) is 0 Å². The molecule has 0 amide bonds. The number of nitrogens with zero attached hydrogens (tertiary/aromatic N) is 2. The van der Waals surface area contributed by atoms with E-state index in [0.717, 1.165) is 18.5 Å². The summed E-state index contributed by atoms with van der Waals surface area (Å²) >= 11 is 0. The Morgan fingerprint density at radius 3 is 2.39 bits per heavy atom. The average molecular weight is 516 g/mol. The minimum absolute atomic E-state index is 0. The van der Waals surface area contributed by atoms with E-state index in [1.54, 1.807) is 0 Å². The second-order valence-corrected chi connectivity index (χ2v) is 7.16. The van der Waals surface area contributed by atoms with Gasteiger partial charge in [-0.05, 0) is 45.4 Å². The molecule has 0 saturated heterocycles. The molecule has 5 nitrogen and oxygen atoms in total. The van der Waals surface area contributed by atoms with E-state index >= 15 is 0 Å². The Balaban J connectivity index is 0.00000392. The van der Waals surface area contributed by atoms with Crippen molar-refractivity contribution < 1.29 is 17.7 Å². The smallest absolute Gasteiger partial charge is 0.359 e.